The van der Waals surface area contributed by atoms with E-state index in [1.165, 1.54) is 0 Å². The molecule has 1 atom stereocenters. The molecule has 0 saturated heterocycles. The predicted molar refractivity (Wildman–Crippen MR) is 62.7 cm³/mol. The zero-order valence-corrected chi connectivity index (χ0v) is 9.54. The average Bonchev–Trinajstić information content (AvgIpc) is 2.59. The van der Waals surface area contributed by atoms with Crippen LogP contribution in [0.15, 0.2) is 18.2 Å². The summed E-state index contributed by atoms with van der Waals surface area (Å²) in [6.07, 6.45) is 0. The maximum atomic E-state index is 11.7. The van der Waals surface area contributed by atoms with Gasteiger partial charge >= 0.3 is 0 Å². The number of anilines is 1. The summed E-state index contributed by atoms with van der Waals surface area (Å²) in [5.74, 6) is 0.734. The van der Waals surface area contributed by atoms with E-state index in [2.05, 4.69) is 10.6 Å². The Hall–Kier alpha value is -1.55. The Bertz CT molecular complexity index is 404. The second kappa shape index (κ2) is 4.53. The number of nitrogens with one attached hydrogen (secondary N) is 2. The van der Waals surface area contributed by atoms with Crippen LogP contribution in [0, 0.1) is 0 Å². The molecule has 2 N–H and O–H groups in total. The van der Waals surface area contributed by atoms with Gasteiger partial charge in [0.1, 0.15) is 11.8 Å². The van der Waals surface area contributed by atoms with E-state index in [0.717, 1.165) is 23.5 Å². The van der Waals surface area contributed by atoms with Crippen LogP contribution in [0.3, 0.4) is 0 Å². The molecule has 1 amide bonds. The molecule has 0 saturated carbocycles. The third kappa shape index (κ3) is 1.76. The number of para-hydroxylation sites is 1. The van der Waals surface area contributed by atoms with Gasteiger partial charge in [0.15, 0.2) is 0 Å². The van der Waals surface area contributed by atoms with Crippen LogP contribution >= 0.6 is 0 Å². The van der Waals surface area contributed by atoms with Crippen LogP contribution in [0.1, 0.15) is 25.5 Å². The third-order valence-corrected chi connectivity index (χ3v) is 2.59. The van der Waals surface area contributed by atoms with Crippen LogP contribution in [0.2, 0.25) is 0 Å². The molecule has 4 heteroatoms. The lowest BCUT2D eigenvalue weighted by Crippen LogP contribution is -2.27. The second-order valence-electron chi connectivity index (χ2n) is 3.63. The molecule has 0 bridgehead atoms. The number of amides is 1. The molecule has 1 unspecified atom stereocenters. The van der Waals surface area contributed by atoms with Crippen molar-refractivity contribution in [1.82, 2.24) is 5.32 Å². The van der Waals surface area contributed by atoms with Crippen LogP contribution in [0.25, 0.3) is 0 Å². The van der Waals surface area contributed by atoms with Crippen molar-refractivity contribution in [3.63, 3.8) is 0 Å². The summed E-state index contributed by atoms with van der Waals surface area (Å²) < 4.78 is 5.48. The molecular weight excluding hydrogens is 204 g/mol. The van der Waals surface area contributed by atoms with Crippen molar-refractivity contribution < 1.29 is 9.53 Å². The molecule has 1 aliphatic rings. The van der Waals surface area contributed by atoms with E-state index in [1.807, 2.05) is 32.0 Å². The summed E-state index contributed by atoms with van der Waals surface area (Å²) in [4.78, 5) is 11.7. The second-order valence-corrected chi connectivity index (χ2v) is 3.63. The summed E-state index contributed by atoms with van der Waals surface area (Å²) in [5.41, 5.74) is 1.78. The first-order valence-corrected chi connectivity index (χ1v) is 5.57. The van der Waals surface area contributed by atoms with Gasteiger partial charge in [-0.1, -0.05) is 19.1 Å². The van der Waals surface area contributed by atoms with E-state index in [9.17, 15) is 4.79 Å². The summed E-state index contributed by atoms with van der Waals surface area (Å²) in [7, 11) is 0. The van der Waals surface area contributed by atoms with Crippen LogP contribution in [-0.2, 0) is 4.79 Å². The lowest BCUT2D eigenvalue weighted by molar-refractivity contribution is -0.117. The van der Waals surface area contributed by atoms with E-state index in [-0.39, 0.29) is 11.9 Å². The molecule has 1 aromatic rings. The van der Waals surface area contributed by atoms with E-state index < -0.39 is 0 Å². The molecule has 0 aromatic heterocycles. The number of fused-ring (bicyclic) bond motifs is 1. The molecule has 16 heavy (non-hydrogen) atoms. The topological polar surface area (TPSA) is 50.4 Å². The lowest BCUT2D eigenvalue weighted by Gasteiger charge is -2.10. The molecule has 2 rings (SSSR count). The van der Waals surface area contributed by atoms with Gasteiger partial charge in [-0.25, -0.2) is 0 Å². The van der Waals surface area contributed by atoms with Gasteiger partial charge in [-0.15, -0.1) is 0 Å². The summed E-state index contributed by atoms with van der Waals surface area (Å²) in [6.45, 7) is 5.27. The zero-order valence-electron chi connectivity index (χ0n) is 9.54. The van der Waals surface area contributed by atoms with Crippen molar-refractivity contribution in [3.05, 3.63) is 23.8 Å². The highest BCUT2D eigenvalue weighted by molar-refractivity contribution is 6.04. The van der Waals surface area contributed by atoms with Gasteiger partial charge in [-0.05, 0) is 19.5 Å². The number of carbonyl (C=O) groups excluding carboxylic acids is 1. The number of rotatable bonds is 4. The minimum absolute atomic E-state index is 0.0102. The number of benzene rings is 1. The van der Waals surface area contributed by atoms with Gasteiger partial charge in [-0.2, -0.15) is 0 Å². The monoisotopic (exact) mass is 220 g/mol. The van der Waals surface area contributed by atoms with Crippen LogP contribution in [0.4, 0.5) is 5.69 Å². The van der Waals surface area contributed by atoms with Crippen LogP contribution in [0.5, 0.6) is 5.75 Å². The van der Waals surface area contributed by atoms with E-state index in [4.69, 9.17) is 4.74 Å². The molecule has 1 aliphatic heterocycles. The maximum Gasteiger partial charge on any atom is 0.246 e. The molecule has 4 nitrogen and oxygen atoms in total. The molecular formula is C12H16N2O2. The lowest BCUT2D eigenvalue weighted by atomic mass is 10.1. The number of carbonyl (C=O) groups is 1. The van der Waals surface area contributed by atoms with Crippen molar-refractivity contribution in [2.45, 2.75) is 19.9 Å². The SMILES string of the molecule is CCNC1C(=O)Nc2c(OCC)cccc21. The fraction of sp³-hybridized carbons (Fsp3) is 0.417. The number of likely N-dealkylation sites (N-methyl/N-ethyl adjacent to an activating group) is 1. The maximum absolute atomic E-state index is 11.7. The Morgan fingerprint density at radius 2 is 2.25 bits per heavy atom. The molecule has 1 heterocycles. The standard InChI is InChI=1S/C12H16N2O2/c1-3-13-11-8-6-5-7-9(16-4-2)10(8)14-12(11)15/h5-7,11,13H,3-4H2,1-2H3,(H,14,15). The number of hydrogen-bond acceptors (Lipinski definition) is 3. The van der Waals surface area contributed by atoms with Gasteiger partial charge in [-0.3, -0.25) is 4.79 Å². The Labute approximate surface area is 95.0 Å². The Balaban J connectivity index is 2.36. The summed E-state index contributed by atoms with van der Waals surface area (Å²) >= 11 is 0. The van der Waals surface area contributed by atoms with Gasteiger partial charge in [0.05, 0.1) is 12.3 Å². The quantitative estimate of drug-likeness (QED) is 0.811. The first-order valence-electron chi connectivity index (χ1n) is 5.57. The molecule has 0 fully saturated rings. The fourth-order valence-electron chi connectivity index (χ4n) is 1.94. The normalized spacial score (nSPS) is 18.1. The van der Waals surface area contributed by atoms with Gasteiger partial charge in [0.25, 0.3) is 0 Å². The first kappa shape index (κ1) is 11.0. The molecule has 0 radical (unpaired) electrons. The van der Waals surface area contributed by atoms with E-state index in [0.29, 0.717) is 6.61 Å². The van der Waals surface area contributed by atoms with E-state index in [1.54, 1.807) is 0 Å². The summed E-state index contributed by atoms with van der Waals surface area (Å²) in [6, 6.07) is 5.48. The summed E-state index contributed by atoms with van der Waals surface area (Å²) in [5, 5.41) is 6.01. The Kier molecular flexibility index (Phi) is 3.10. The number of ether oxygens (including phenoxy) is 1. The van der Waals surface area contributed by atoms with Crippen molar-refractivity contribution in [2.24, 2.45) is 0 Å². The fourth-order valence-corrected chi connectivity index (χ4v) is 1.94. The Morgan fingerprint density at radius 3 is 2.94 bits per heavy atom. The van der Waals surface area contributed by atoms with Crippen molar-refractivity contribution in [2.75, 3.05) is 18.5 Å². The van der Waals surface area contributed by atoms with Crippen molar-refractivity contribution in [1.29, 1.82) is 0 Å². The van der Waals surface area contributed by atoms with Crippen LogP contribution < -0.4 is 15.4 Å². The largest absolute Gasteiger partial charge is 0.492 e. The molecule has 86 valence electrons. The highest BCUT2D eigenvalue weighted by atomic mass is 16.5. The zero-order chi connectivity index (χ0) is 11.5. The predicted octanol–water partition coefficient (Wildman–Crippen LogP) is 1.69. The van der Waals surface area contributed by atoms with Crippen LogP contribution in [-0.4, -0.2) is 19.1 Å². The van der Waals surface area contributed by atoms with Crippen molar-refractivity contribution >= 4 is 11.6 Å². The van der Waals surface area contributed by atoms with Gasteiger partial charge in [0.2, 0.25) is 5.91 Å². The average molecular weight is 220 g/mol. The van der Waals surface area contributed by atoms with Gasteiger partial charge in [0, 0.05) is 5.56 Å². The highest BCUT2D eigenvalue weighted by Crippen LogP contribution is 2.37. The minimum Gasteiger partial charge on any atom is -0.492 e. The first-order chi connectivity index (χ1) is 7.77. The molecule has 1 aromatic carbocycles. The molecule has 0 aliphatic carbocycles. The minimum atomic E-state index is -0.250. The van der Waals surface area contributed by atoms with Gasteiger partial charge < -0.3 is 15.4 Å². The highest BCUT2D eigenvalue weighted by Gasteiger charge is 2.31. The van der Waals surface area contributed by atoms with Crippen molar-refractivity contribution in [3.8, 4) is 5.75 Å². The number of hydrogen-bond donors (Lipinski definition) is 2. The Morgan fingerprint density at radius 1 is 1.44 bits per heavy atom. The smallest absolute Gasteiger partial charge is 0.246 e. The molecule has 0 spiro atoms. The van der Waals surface area contributed by atoms with E-state index >= 15 is 0 Å². The third-order valence-electron chi connectivity index (χ3n) is 2.59.